The Morgan fingerprint density at radius 1 is 1.53 bits per heavy atom. The SMILES string of the molecule is Nc1nc(CO/N=C\C(=O)N[C@@H]2C(=O)N3C(C(=O)O)=C([C@@H]4CCCO4)CS[C@H]23)cs1. The van der Waals surface area contributed by atoms with Crippen LogP contribution in [0.2, 0.25) is 0 Å². The maximum Gasteiger partial charge on any atom is 0.352 e. The normalized spacial score (nSPS) is 25.9. The Morgan fingerprint density at radius 3 is 3.03 bits per heavy atom. The van der Waals surface area contributed by atoms with Crippen LogP contribution in [0.5, 0.6) is 0 Å². The predicted molar refractivity (Wildman–Crippen MR) is 108 cm³/mol. The molecular weight excluding hydrogens is 434 g/mol. The Morgan fingerprint density at radius 2 is 2.37 bits per heavy atom. The van der Waals surface area contributed by atoms with Gasteiger partial charge in [0.2, 0.25) is 0 Å². The second-order valence-corrected chi connectivity index (χ2v) is 8.76. The molecule has 4 rings (SSSR count). The van der Waals surface area contributed by atoms with E-state index < -0.39 is 29.2 Å². The second-order valence-electron chi connectivity index (χ2n) is 6.76. The Labute approximate surface area is 179 Å². The summed E-state index contributed by atoms with van der Waals surface area (Å²) in [6, 6.07) is -0.826. The maximum absolute atomic E-state index is 12.6. The topological polar surface area (TPSA) is 156 Å². The number of amides is 2. The lowest BCUT2D eigenvalue weighted by Crippen LogP contribution is -2.70. The van der Waals surface area contributed by atoms with Gasteiger partial charge in [-0.3, -0.25) is 14.5 Å². The lowest BCUT2D eigenvalue weighted by molar-refractivity contribution is -0.150. The van der Waals surface area contributed by atoms with E-state index >= 15 is 0 Å². The number of carboxylic acid groups (broad SMARTS) is 1. The van der Waals surface area contributed by atoms with Crippen molar-refractivity contribution in [1.82, 2.24) is 15.2 Å². The number of nitrogens with one attached hydrogen (secondary N) is 1. The summed E-state index contributed by atoms with van der Waals surface area (Å²) in [5, 5.41) is 17.4. The minimum Gasteiger partial charge on any atom is -0.477 e. The van der Waals surface area contributed by atoms with Crippen molar-refractivity contribution in [2.75, 3.05) is 18.1 Å². The first-order valence-electron chi connectivity index (χ1n) is 9.14. The molecule has 0 bridgehead atoms. The fraction of sp³-hybridized carbons (Fsp3) is 0.471. The summed E-state index contributed by atoms with van der Waals surface area (Å²) in [6.45, 7) is 0.643. The molecule has 160 valence electrons. The summed E-state index contributed by atoms with van der Waals surface area (Å²) in [7, 11) is 0. The van der Waals surface area contributed by atoms with E-state index in [0.29, 0.717) is 28.8 Å². The van der Waals surface area contributed by atoms with Gasteiger partial charge in [-0.1, -0.05) is 5.16 Å². The number of ether oxygens (including phenoxy) is 1. The number of hydrogen-bond acceptors (Lipinski definition) is 10. The monoisotopic (exact) mass is 453 g/mol. The van der Waals surface area contributed by atoms with Crippen molar-refractivity contribution in [2.45, 2.75) is 37.0 Å². The second kappa shape index (κ2) is 8.62. The van der Waals surface area contributed by atoms with Crippen LogP contribution < -0.4 is 11.1 Å². The maximum atomic E-state index is 12.6. The molecule has 0 spiro atoms. The third-order valence-electron chi connectivity index (χ3n) is 4.84. The van der Waals surface area contributed by atoms with Gasteiger partial charge < -0.3 is 25.7 Å². The number of carboxylic acids is 1. The highest BCUT2D eigenvalue weighted by molar-refractivity contribution is 8.00. The van der Waals surface area contributed by atoms with E-state index in [1.54, 1.807) is 5.38 Å². The molecule has 0 aliphatic carbocycles. The number of hydrogen-bond donors (Lipinski definition) is 3. The summed E-state index contributed by atoms with van der Waals surface area (Å²) in [6.07, 6.45) is 2.25. The van der Waals surface area contributed by atoms with E-state index in [9.17, 15) is 19.5 Å². The first kappa shape index (κ1) is 20.6. The molecule has 3 aliphatic rings. The van der Waals surface area contributed by atoms with Crippen LogP contribution in [0, 0.1) is 0 Å². The van der Waals surface area contributed by atoms with E-state index in [4.69, 9.17) is 15.3 Å². The molecule has 0 radical (unpaired) electrons. The Hall–Kier alpha value is -2.64. The summed E-state index contributed by atoms with van der Waals surface area (Å²) < 4.78 is 5.61. The standard InChI is InChI=1S/C17H19N5O6S2/c18-17-20-8(6-30-17)5-28-19-4-11(23)21-12-14(24)22-13(16(25)26)9(7-29-15(12)22)10-2-1-3-27-10/h4,6,10,12,15H,1-3,5,7H2,(H2,18,20)(H,21,23)(H,25,26)/b19-4-/t10-,12+,15+/m0/s1. The van der Waals surface area contributed by atoms with Crippen molar-refractivity contribution >= 4 is 52.2 Å². The van der Waals surface area contributed by atoms with Gasteiger partial charge in [0.15, 0.2) is 11.7 Å². The average Bonchev–Trinajstić information content (AvgIpc) is 3.40. The van der Waals surface area contributed by atoms with Crippen molar-refractivity contribution in [3.63, 3.8) is 0 Å². The fourth-order valence-electron chi connectivity index (χ4n) is 3.51. The molecule has 0 unspecified atom stereocenters. The van der Waals surface area contributed by atoms with Crippen molar-refractivity contribution < 1.29 is 29.1 Å². The van der Waals surface area contributed by atoms with Crippen molar-refractivity contribution in [2.24, 2.45) is 5.16 Å². The Kier molecular flexibility index (Phi) is 5.92. The number of thiazole rings is 1. The number of nitrogens with zero attached hydrogens (tertiary/aromatic N) is 3. The third kappa shape index (κ3) is 4.00. The number of β-lactam (4-membered cyclic amide) rings is 1. The molecule has 4 heterocycles. The molecular formula is C17H19N5O6S2. The number of rotatable bonds is 7. The number of fused-ring (bicyclic) bond motifs is 1. The highest BCUT2D eigenvalue weighted by atomic mass is 32.2. The molecule has 3 aliphatic heterocycles. The minimum atomic E-state index is -1.17. The van der Waals surface area contributed by atoms with E-state index in [1.165, 1.54) is 28.0 Å². The van der Waals surface area contributed by atoms with Crippen LogP contribution in [0.1, 0.15) is 18.5 Å². The van der Waals surface area contributed by atoms with Crippen LogP contribution in [0.4, 0.5) is 5.13 Å². The largest absolute Gasteiger partial charge is 0.477 e. The molecule has 2 saturated heterocycles. The van der Waals surface area contributed by atoms with Crippen molar-refractivity contribution in [1.29, 1.82) is 0 Å². The molecule has 30 heavy (non-hydrogen) atoms. The van der Waals surface area contributed by atoms with E-state index in [-0.39, 0.29) is 18.4 Å². The highest BCUT2D eigenvalue weighted by Gasteiger charge is 2.54. The first-order chi connectivity index (χ1) is 14.5. The zero-order valence-electron chi connectivity index (χ0n) is 15.6. The summed E-state index contributed by atoms with van der Waals surface area (Å²) in [5.41, 5.74) is 6.70. The van der Waals surface area contributed by atoms with Gasteiger partial charge in [-0.05, 0) is 18.4 Å². The Balaban J connectivity index is 1.35. The van der Waals surface area contributed by atoms with Gasteiger partial charge in [0.25, 0.3) is 11.8 Å². The predicted octanol–water partition coefficient (Wildman–Crippen LogP) is 0.145. The number of anilines is 1. The van der Waals surface area contributed by atoms with Crippen LogP contribution in [0.15, 0.2) is 21.8 Å². The summed E-state index contributed by atoms with van der Waals surface area (Å²) >= 11 is 2.67. The van der Waals surface area contributed by atoms with Crippen molar-refractivity contribution in [3.8, 4) is 0 Å². The van der Waals surface area contributed by atoms with Crippen molar-refractivity contribution in [3.05, 3.63) is 22.3 Å². The zero-order valence-corrected chi connectivity index (χ0v) is 17.3. The number of aliphatic carboxylic acids is 1. The first-order valence-corrected chi connectivity index (χ1v) is 11.1. The molecule has 11 nitrogen and oxygen atoms in total. The molecule has 0 saturated carbocycles. The molecule has 1 aromatic rings. The number of oxime groups is 1. The molecule has 2 amide bonds. The number of carbonyl (C=O) groups excluding carboxylic acids is 2. The number of aromatic nitrogens is 1. The lowest BCUT2D eigenvalue weighted by atomic mass is 9.99. The van der Waals surface area contributed by atoms with Crippen LogP contribution in [0.25, 0.3) is 0 Å². The summed E-state index contributed by atoms with van der Waals surface area (Å²) in [4.78, 5) is 46.7. The van der Waals surface area contributed by atoms with E-state index in [0.717, 1.165) is 19.1 Å². The van der Waals surface area contributed by atoms with Gasteiger partial charge in [0.1, 0.15) is 23.3 Å². The van der Waals surface area contributed by atoms with Gasteiger partial charge in [-0.25, -0.2) is 9.78 Å². The average molecular weight is 454 g/mol. The summed E-state index contributed by atoms with van der Waals surface area (Å²) in [5.74, 6) is -1.82. The molecule has 1 aromatic heterocycles. The number of carbonyl (C=O) groups is 3. The fourth-order valence-corrected chi connectivity index (χ4v) is 5.47. The van der Waals surface area contributed by atoms with Crippen LogP contribution in [-0.2, 0) is 30.6 Å². The molecule has 4 N–H and O–H groups in total. The van der Waals surface area contributed by atoms with Crippen LogP contribution in [0.3, 0.4) is 0 Å². The molecule has 0 aromatic carbocycles. The zero-order chi connectivity index (χ0) is 21.3. The molecule has 3 atom stereocenters. The van der Waals surface area contributed by atoms with Gasteiger partial charge in [0, 0.05) is 17.7 Å². The number of thioether (sulfide) groups is 1. The third-order valence-corrected chi connectivity index (χ3v) is 6.87. The van der Waals surface area contributed by atoms with Gasteiger partial charge >= 0.3 is 5.97 Å². The van der Waals surface area contributed by atoms with E-state index in [1.807, 2.05) is 0 Å². The molecule has 13 heteroatoms. The van der Waals surface area contributed by atoms with Crippen LogP contribution in [-0.4, -0.2) is 68.9 Å². The highest BCUT2D eigenvalue weighted by Crippen LogP contribution is 2.42. The number of nitrogens with two attached hydrogens (primary N) is 1. The van der Waals surface area contributed by atoms with E-state index in [2.05, 4.69) is 15.5 Å². The minimum absolute atomic E-state index is 0.0271. The van der Waals surface area contributed by atoms with Gasteiger partial charge in [0.05, 0.1) is 11.8 Å². The van der Waals surface area contributed by atoms with Crippen LogP contribution >= 0.6 is 23.1 Å². The smallest absolute Gasteiger partial charge is 0.352 e. The van der Waals surface area contributed by atoms with Gasteiger partial charge in [-0.2, -0.15) is 0 Å². The number of nitrogen functional groups attached to an aromatic ring is 1. The quantitative estimate of drug-likeness (QED) is 0.297. The lowest BCUT2D eigenvalue weighted by Gasteiger charge is -2.49. The van der Waals surface area contributed by atoms with Gasteiger partial charge in [-0.15, -0.1) is 23.1 Å². The molecule has 2 fully saturated rings. The Bertz CT molecular complexity index is 925.